The smallest absolute Gasteiger partial charge is 0.120 e. The number of rotatable bonds is 17. The SMILES string of the molecule is CCCCCCCCCCOc1ccc2nc(C=Nc3ccc(OCCCCC)cc3)ccc2c1. The Morgan fingerprint density at radius 3 is 2.00 bits per heavy atom. The number of fused-ring (bicyclic) bond motifs is 1. The largest absolute Gasteiger partial charge is 0.494 e. The Morgan fingerprint density at radius 1 is 0.657 bits per heavy atom. The molecule has 35 heavy (non-hydrogen) atoms. The summed E-state index contributed by atoms with van der Waals surface area (Å²) in [6.45, 7) is 6.01. The molecule has 0 N–H and O–H groups in total. The highest BCUT2D eigenvalue weighted by Gasteiger charge is 2.01. The molecule has 0 aliphatic carbocycles. The highest BCUT2D eigenvalue weighted by molar-refractivity contribution is 5.86. The fraction of sp³-hybridized carbons (Fsp3) is 0.484. The topological polar surface area (TPSA) is 43.7 Å². The van der Waals surface area contributed by atoms with E-state index in [9.17, 15) is 0 Å². The third-order valence-corrected chi connectivity index (χ3v) is 6.15. The number of aliphatic imine (C=N–C) groups is 1. The van der Waals surface area contributed by atoms with Gasteiger partial charge in [-0.25, -0.2) is 4.98 Å². The van der Waals surface area contributed by atoms with E-state index in [0.717, 1.165) is 59.8 Å². The molecular weight excluding hydrogens is 432 g/mol. The zero-order chi connectivity index (χ0) is 24.6. The van der Waals surface area contributed by atoms with Crippen LogP contribution < -0.4 is 9.47 Å². The van der Waals surface area contributed by atoms with E-state index in [4.69, 9.17) is 14.5 Å². The summed E-state index contributed by atoms with van der Waals surface area (Å²) in [5.41, 5.74) is 2.67. The summed E-state index contributed by atoms with van der Waals surface area (Å²) >= 11 is 0. The van der Waals surface area contributed by atoms with Gasteiger partial charge in [0.2, 0.25) is 0 Å². The molecule has 0 aliphatic heterocycles. The summed E-state index contributed by atoms with van der Waals surface area (Å²) in [6.07, 6.45) is 15.8. The van der Waals surface area contributed by atoms with Crippen LogP contribution in [0.4, 0.5) is 5.69 Å². The van der Waals surface area contributed by atoms with Crippen molar-refractivity contribution in [3.05, 3.63) is 60.3 Å². The van der Waals surface area contributed by atoms with Crippen molar-refractivity contribution in [3.63, 3.8) is 0 Å². The van der Waals surface area contributed by atoms with E-state index in [2.05, 4.69) is 31.0 Å². The number of aromatic nitrogens is 1. The van der Waals surface area contributed by atoms with Crippen LogP contribution in [0.25, 0.3) is 10.9 Å². The molecule has 3 aromatic rings. The fourth-order valence-electron chi connectivity index (χ4n) is 4.02. The van der Waals surface area contributed by atoms with E-state index < -0.39 is 0 Å². The van der Waals surface area contributed by atoms with Crippen LogP contribution in [0.1, 0.15) is 90.2 Å². The van der Waals surface area contributed by atoms with Gasteiger partial charge in [0, 0.05) is 5.39 Å². The molecule has 1 aromatic heterocycles. The predicted octanol–water partition coefficient (Wildman–Crippen LogP) is 9.07. The summed E-state index contributed by atoms with van der Waals surface area (Å²) in [5, 5.41) is 1.08. The van der Waals surface area contributed by atoms with E-state index in [1.807, 2.05) is 48.7 Å². The predicted molar refractivity (Wildman–Crippen MR) is 149 cm³/mol. The Hall–Kier alpha value is -2.88. The lowest BCUT2D eigenvalue weighted by atomic mass is 10.1. The second-order valence-electron chi connectivity index (χ2n) is 9.22. The average Bonchev–Trinajstić information content (AvgIpc) is 2.89. The fourth-order valence-corrected chi connectivity index (χ4v) is 4.02. The first kappa shape index (κ1) is 26.7. The molecule has 4 nitrogen and oxygen atoms in total. The first-order valence-electron chi connectivity index (χ1n) is 13.6. The lowest BCUT2D eigenvalue weighted by Crippen LogP contribution is -1.97. The van der Waals surface area contributed by atoms with Gasteiger partial charge in [-0.15, -0.1) is 0 Å². The molecule has 3 rings (SSSR count). The maximum Gasteiger partial charge on any atom is 0.120 e. The van der Waals surface area contributed by atoms with Crippen molar-refractivity contribution in [1.29, 1.82) is 0 Å². The third kappa shape index (κ3) is 10.1. The molecule has 188 valence electrons. The summed E-state index contributed by atoms with van der Waals surface area (Å²) < 4.78 is 11.7. The molecule has 0 amide bonds. The molecule has 0 saturated carbocycles. The summed E-state index contributed by atoms with van der Waals surface area (Å²) in [6, 6.07) is 18.1. The zero-order valence-electron chi connectivity index (χ0n) is 21.7. The number of benzene rings is 2. The second kappa shape index (κ2) is 15.9. The van der Waals surface area contributed by atoms with Crippen molar-refractivity contribution in [3.8, 4) is 11.5 Å². The van der Waals surface area contributed by atoms with Crippen LogP contribution >= 0.6 is 0 Å². The normalized spacial score (nSPS) is 11.4. The molecule has 0 bridgehead atoms. The summed E-state index contributed by atoms with van der Waals surface area (Å²) in [4.78, 5) is 9.30. The van der Waals surface area contributed by atoms with Gasteiger partial charge in [-0.1, -0.05) is 77.7 Å². The number of hydrogen-bond acceptors (Lipinski definition) is 4. The van der Waals surface area contributed by atoms with Gasteiger partial charge in [0.25, 0.3) is 0 Å². The number of hydrogen-bond donors (Lipinski definition) is 0. The zero-order valence-corrected chi connectivity index (χ0v) is 21.7. The summed E-state index contributed by atoms with van der Waals surface area (Å²) in [5.74, 6) is 1.81. The number of unbranched alkanes of at least 4 members (excludes halogenated alkanes) is 9. The minimum absolute atomic E-state index is 0.767. The van der Waals surface area contributed by atoms with Gasteiger partial charge in [0.1, 0.15) is 11.5 Å². The Kier molecular flexibility index (Phi) is 12.1. The van der Waals surface area contributed by atoms with Gasteiger partial charge in [-0.3, -0.25) is 4.99 Å². The molecule has 0 unspecified atom stereocenters. The molecule has 0 fully saturated rings. The monoisotopic (exact) mass is 474 g/mol. The third-order valence-electron chi connectivity index (χ3n) is 6.15. The number of nitrogens with zero attached hydrogens (tertiary/aromatic N) is 2. The molecule has 0 saturated heterocycles. The van der Waals surface area contributed by atoms with E-state index in [1.165, 1.54) is 57.8 Å². The lowest BCUT2D eigenvalue weighted by Gasteiger charge is -2.08. The van der Waals surface area contributed by atoms with Gasteiger partial charge in [0.05, 0.1) is 36.3 Å². The van der Waals surface area contributed by atoms with E-state index in [-0.39, 0.29) is 0 Å². The van der Waals surface area contributed by atoms with Crippen LogP contribution in [0.15, 0.2) is 59.6 Å². The van der Waals surface area contributed by atoms with Gasteiger partial charge in [-0.2, -0.15) is 0 Å². The second-order valence-corrected chi connectivity index (χ2v) is 9.22. The van der Waals surface area contributed by atoms with Gasteiger partial charge < -0.3 is 9.47 Å². The molecule has 1 heterocycles. The lowest BCUT2D eigenvalue weighted by molar-refractivity contribution is 0.304. The van der Waals surface area contributed by atoms with Crippen LogP contribution in [0.2, 0.25) is 0 Å². The first-order chi connectivity index (χ1) is 17.3. The Bertz CT molecular complexity index is 1010. The first-order valence-corrected chi connectivity index (χ1v) is 13.6. The van der Waals surface area contributed by atoms with Crippen molar-refractivity contribution < 1.29 is 9.47 Å². The highest BCUT2D eigenvalue weighted by Crippen LogP contribution is 2.21. The molecule has 2 aromatic carbocycles. The number of ether oxygens (including phenoxy) is 2. The Balaban J connectivity index is 1.43. The minimum Gasteiger partial charge on any atom is -0.494 e. The molecule has 0 radical (unpaired) electrons. The molecule has 0 spiro atoms. The quantitative estimate of drug-likeness (QED) is 0.145. The molecular formula is C31H42N2O2. The van der Waals surface area contributed by atoms with E-state index >= 15 is 0 Å². The van der Waals surface area contributed by atoms with Crippen molar-refractivity contribution in [2.45, 2.75) is 84.5 Å². The van der Waals surface area contributed by atoms with Gasteiger partial charge >= 0.3 is 0 Å². The summed E-state index contributed by atoms with van der Waals surface area (Å²) in [7, 11) is 0. The Morgan fingerprint density at radius 2 is 1.26 bits per heavy atom. The van der Waals surface area contributed by atoms with Crippen molar-refractivity contribution in [2.24, 2.45) is 4.99 Å². The van der Waals surface area contributed by atoms with Crippen LogP contribution in [0.3, 0.4) is 0 Å². The standard InChI is InChI=1S/C31H42N2O2/c1-3-5-7-8-9-10-11-13-23-35-30-20-21-31-26(24-30)14-15-28(33-31)25-32-27-16-18-29(19-17-27)34-22-12-6-4-2/h14-21,24-25H,3-13,22-23H2,1-2H3. The van der Waals surface area contributed by atoms with Crippen molar-refractivity contribution in [2.75, 3.05) is 13.2 Å². The van der Waals surface area contributed by atoms with Crippen LogP contribution in [0.5, 0.6) is 11.5 Å². The van der Waals surface area contributed by atoms with E-state index in [1.54, 1.807) is 0 Å². The maximum atomic E-state index is 5.98. The highest BCUT2D eigenvalue weighted by atomic mass is 16.5. The number of pyridine rings is 1. The minimum atomic E-state index is 0.767. The van der Waals surface area contributed by atoms with Crippen molar-refractivity contribution >= 4 is 22.8 Å². The maximum absolute atomic E-state index is 5.98. The van der Waals surface area contributed by atoms with Gasteiger partial charge in [-0.05, 0) is 61.4 Å². The molecule has 0 aliphatic rings. The van der Waals surface area contributed by atoms with Crippen LogP contribution in [-0.4, -0.2) is 24.4 Å². The molecule has 4 heteroatoms. The van der Waals surface area contributed by atoms with E-state index in [0.29, 0.717) is 0 Å². The van der Waals surface area contributed by atoms with Crippen molar-refractivity contribution in [1.82, 2.24) is 4.98 Å². The van der Waals surface area contributed by atoms with Crippen LogP contribution in [0, 0.1) is 0 Å². The van der Waals surface area contributed by atoms with Crippen LogP contribution in [-0.2, 0) is 0 Å². The Labute approximate surface area is 211 Å². The average molecular weight is 475 g/mol. The van der Waals surface area contributed by atoms with Gasteiger partial charge in [0.15, 0.2) is 0 Å². The molecule has 0 atom stereocenters.